The monoisotopic (exact) mass is 722 g/mol. The molecule has 0 spiro atoms. The minimum Gasteiger partial charge on any atom is -0.378 e. The molecule has 52 heavy (non-hydrogen) atoms. The van der Waals surface area contributed by atoms with Crippen molar-refractivity contribution in [1.82, 2.24) is 26.2 Å². The molecule has 1 aliphatic heterocycles. The molecule has 2 rings (SSSR count). The maximum Gasteiger partial charge on any atom is 0.316 e. The van der Waals surface area contributed by atoms with Crippen molar-refractivity contribution in [3.63, 3.8) is 0 Å². The average molecular weight is 723 g/mol. The lowest BCUT2D eigenvalue weighted by atomic mass is 9.84. The topological polar surface area (TPSA) is 157 Å². The zero-order chi connectivity index (χ0) is 39.3. The third-order valence-corrected chi connectivity index (χ3v) is 9.55. The highest BCUT2D eigenvalue weighted by Gasteiger charge is 2.47. The van der Waals surface area contributed by atoms with Crippen LogP contribution in [0.5, 0.6) is 0 Å². The summed E-state index contributed by atoms with van der Waals surface area (Å²) in [6, 6.07) is 2.15. The zero-order valence-corrected chi connectivity index (χ0v) is 32.8. The summed E-state index contributed by atoms with van der Waals surface area (Å²) in [5.41, 5.74) is 0.936. The van der Waals surface area contributed by atoms with Crippen LogP contribution in [0.3, 0.4) is 0 Å². The molecule has 4 N–H and O–H groups in total. The number of benzene rings is 1. The summed E-state index contributed by atoms with van der Waals surface area (Å²) >= 11 is 0. The quantitative estimate of drug-likeness (QED) is 0.0692. The van der Waals surface area contributed by atoms with Crippen LogP contribution in [0.2, 0.25) is 0 Å². The van der Waals surface area contributed by atoms with Gasteiger partial charge in [0.2, 0.25) is 17.6 Å². The fourth-order valence-electron chi connectivity index (χ4n) is 6.43. The largest absolute Gasteiger partial charge is 0.378 e. The number of anilines is 1. The van der Waals surface area contributed by atoms with Gasteiger partial charge in [-0.2, -0.15) is 0 Å². The molecule has 1 fully saturated rings. The first-order valence-corrected chi connectivity index (χ1v) is 18.4. The van der Waals surface area contributed by atoms with Crippen molar-refractivity contribution in [3.8, 4) is 0 Å². The number of nitrogens with zero attached hydrogens (tertiary/aromatic N) is 2. The highest BCUT2D eigenvalue weighted by Crippen LogP contribution is 2.33. The molecule has 1 aromatic carbocycles. The van der Waals surface area contributed by atoms with Gasteiger partial charge >= 0.3 is 6.03 Å². The van der Waals surface area contributed by atoms with E-state index >= 15 is 0 Å². The Labute approximate surface area is 310 Å². The van der Waals surface area contributed by atoms with Crippen molar-refractivity contribution in [2.75, 3.05) is 32.1 Å². The Hall–Kier alpha value is -4.48. The van der Waals surface area contributed by atoms with E-state index in [4.69, 9.17) is 0 Å². The number of unbranched alkanes of at least 4 members (excludes halogenated alkanes) is 3. The third-order valence-electron chi connectivity index (χ3n) is 9.55. The van der Waals surface area contributed by atoms with Gasteiger partial charge in [-0.05, 0) is 61.3 Å². The number of hydrogen-bond acceptors (Lipinski definition) is 7. The zero-order valence-electron chi connectivity index (χ0n) is 32.8. The molecule has 0 aromatic heterocycles. The number of amides is 5. The summed E-state index contributed by atoms with van der Waals surface area (Å²) in [4.78, 5) is 84.9. The second-order valence-electron chi connectivity index (χ2n) is 15.4. The van der Waals surface area contributed by atoms with Gasteiger partial charge in [0, 0.05) is 38.4 Å². The number of Topliss-reactive ketones (excluding diaryl/α,β-unsaturated/α-hetero) is 2. The molecule has 0 aliphatic carbocycles. The van der Waals surface area contributed by atoms with Crippen LogP contribution < -0.4 is 26.2 Å². The number of rotatable bonds is 19. The Morgan fingerprint density at radius 1 is 0.981 bits per heavy atom. The predicted molar refractivity (Wildman–Crippen MR) is 206 cm³/mol. The number of carbonyl (C=O) groups excluding carboxylic acids is 6. The number of nitrogens with one attached hydrogen (secondary N) is 4. The molecule has 0 saturated carbocycles. The Bertz CT molecular complexity index is 1450. The predicted octanol–water partition coefficient (Wildman–Crippen LogP) is 4.79. The van der Waals surface area contributed by atoms with Crippen LogP contribution in [0.1, 0.15) is 97.3 Å². The van der Waals surface area contributed by atoms with Crippen LogP contribution in [0.25, 0.3) is 0 Å². The van der Waals surface area contributed by atoms with Crippen molar-refractivity contribution in [2.24, 2.45) is 17.3 Å². The molecule has 12 nitrogen and oxygen atoms in total. The molecule has 5 amide bonds. The van der Waals surface area contributed by atoms with E-state index in [1.807, 2.05) is 65.7 Å². The molecule has 1 unspecified atom stereocenters. The van der Waals surface area contributed by atoms with Crippen LogP contribution in [-0.2, 0) is 19.2 Å². The molecule has 1 saturated heterocycles. The van der Waals surface area contributed by atoms with Crippen molar-refractivity contribution in [3.05, 3.63) is 54.6 Å². The Morgan fingerprint density at radius 2 is 1.62 bits per heavy atom. The Kier molecular flexibility index (Phi) is 16.8. The SMILES string of the molecule is C=CCNC(=O)C(=O)C(CCCCCC)NC(=O)[C@@H]1[C@@H](C(C)C)CCN1C(=O)[C@@H](NC(=O)N[C@@H](C(=C)C)C(=O)c1ccc(N(C)C)cc1)C(C)(C)C. The molecular weight excluding hydrogens is 660 g/mol. The molecule has 1 aromatic rings. The van der Waals surface area contributed by atoms with E-state index in [1.54, 1.807) is 19.1 Å². The van der Waals surface area contributed by atoms with Gasteiger partial charge in [-0.25, -0.2) is 4.79 Å². The lowest BCUT2D eigenvalue weighted by molar-refractivity contribution is -0.144. The minimum atomic E-state index is -1.08. The molecule has 0 radical (unpaired) electrons. The lowest BCUT2D eigenvalue weighted by Crippen LogP contribution is -2.61. The van der Waals surface area contributed by atoms with Gasteiger partial charge < -0.3 is 31.1 Å². The van der Waals surface area contributed by atoms with Crippen LogP contribution in [0.4, 0.5) is 10.5 Å². The average Bonchev–Trinajstić information content (AvgIpc) is 3.54. The van der Waals surface area contributed by atoms with Gasteiger partial charge in [0.05, 0.1) is 6.04 Å². The number of hydrogen-bond donors (Lipinski definition) is 4. The van der Waals surface area contributed by atoms with E-state index in [1.165, 1.54) is 11.0 Å². The van der Waals surface area contributed by atoms with Crippen LogP contribution >= 0.6 is 0 Å². The summed E-state index contributed by atoms with van der Waals surface area (Å²) in [6.45, 7) is 21.0. The van der Waals surface area contributed by atoms with Gasteiger partial charge in [-0.1, -0.05) is 85.5 Å². The van der Waals surface area contributed by atoms with Crippen molar-refractivity contribution >= 4 is 41.0 Å². The number of carbonyl (C=O) groups is 6. The van der Waals surface area contributed by atoms with E-state index in [0.29, 0.717) is 24.0 Å². The van der Waals surface area contributed by atoms with Gasteiger partial charge in [-0.3, -0.25) is 24.0 Å². The third kappa shape index (κ3) is 12.1. The first-order valence-electron chi connectivity index (χ1n) is 18.4. The highest BCUT2D eigenvalue weighted by molar-refractivity contribution is 6.38. The normalized spacial score (nSPS) is 17.4. The van der Waals surface area contributed by atoms with E-state index in [2.05, 4.69) is 41.3 Å². The van der Waals surface area contributed by atoms with E-state index in [-0.39, 0.29) is 37.1 Å². The Balaban J connectivity index is 2.35. The van der Waals surface area contributed by atoms with Crippen molar-refractivity contribution in [1.29, 1.82) is 0 Å². The van der Waals surface area contributed by atoms with Gasteiger partial charge in [0.25, 0.3) is 5.91 Å². The van der Waals surface area contributed by atoms with E-state index < -0.39 is 59.1 Å². The second kappa shape index (κ2) is 19.9. The first-order chi connectivity index (χ1) is 24.3. The molecular formula is C40H62N6O6. The van der Waals surface area contributed by atoms with Crippen LogP contribution in [0.15, 0.2) is 49.1 Å². The number of ketones is 2. The highest BCUT2D eigenvalue weighted by atomic mass is 16.2. The summed E-state index contributed by atoms with van der Waals surface area (Å²) in [7, 11) is 3.79. The number of likely N-dealkylation sites (tertiary alicyclic amines) is 1. The lowest BCUT2D eigenvalue weighted by Gasteiger charge is -2.37. The summed E-state index contributed by atoms with van der Waals surface area (Å²) < 4.78 is 0. The number of urea groups is 1. The molecule has 1 heterocycles. The first kappa shape index (κ1) is 43.7. The fourth-order valence-corrected chi connectivity index (χ4v) is 6.43. The van der Waals surface area contributed by atoms with E-state index in [0.717, 1.165) is 24.9 Å². The van der Waals surface area contributed by atoms with Gasteiger partial charge in [0.1, 0.15) is 18.1 Å². The fraction of sp³-hybridized carbons (Fsp3) is 0.600. The molecule has 288 valence electrons. The van der Waals surface area contributed by atoms with E-state index in [9.17, 15) is 28.8 Å². The molecule has 5 atom stereocenters. The molecule has 12 heteroatoms. The van der Waals surface area contributed by atoms with Gasteiger partial charge in [-0.15, -0.1) is 6.58 Å². The summed E-state index contributed by atoms with van der Waals surface area (Å²) in [6.07, 6.45) is 5.71. The van der Waals surface area contributed by atoms with Gasteiger partial charge in [0.15, 0.2) is 5.78 Å². The maximum atomic E-state index is 14.4. The smallest absolute Gasteiger partial charge is 0.316 e. The molecule has 1 aliphatic rings. The molecule has 0 bridgehead atoms. The minimum absolute atomic E-state index is 0.0154. The van der Waals surface area contributed by atoms with Crippen molar-refractivity contribution < 1.29 is 28.8 Å². The summed E-state index contributed by atoms with van der Waals surface area (Å²) in [5.74, 6) is -3.09. The summed E-state index contributed by atoms with van der Waals surface area (Å²) in [5, 5.41) is 10.9. The maximum absolute atomic E-state index is 14.4. The van der Waals surface area contributed by atoms with Crippen LogP contribution in [0, 0.1) is 17.3 Å². The second-order valence-corrected chi connectivity index (χ2v) is 15.4. The Morgan fingerprint density at radius 3 is 2.13 bits per heavy atom. The van der Waals surface area contributed by atoms with Crippen molar-refractivity contribution in [2.45, 2.75) is 111 Å². The van der Waals surface area contributed by atoms with Crippen LogP contribution in [-0.4, -0.2) is 91.6 Å². The standard InChI is InChI=1S/C40H62N6O6/c1-12-14-15-16-17-30(34(48)37(50)41-23-13-2)42-36(49)32-29(25(3)4)22-24-46(32)38(51)35(40(7,8)9)44-39(52)43-31(26(5)6)33(47)27-18-20-28(21-19-27)45(10)11/h13,18-21,25,29-32,35H,2,5,12,14-17,22-24H2,1,3-4,6-11H3,(H,41,50)(H,42,49)(H2,43,44,52)/t29-,30?,31+,32+,35-/m1/s1.